The molecule has 0 amide bonds. The number of hydrogen-bond donors (Lipinski definition) is 2. The molecule has 0 saturated carbocycles. The number of rotatable bonds is 3. The first-order valence-corrected chi connectivity index (χ1v) is 6.97. The number of anilines is 1. The SMILES string of the molecule is OCC1(Nc2ccc(Cl)cc2)CN2CCC1CC2. The number of nitrogens with zero attached hydrogens (tertiary/aromatic N) is 1. The van der Waals surface area contributed by atoms with E-state index in [0.717, 1.165) is 17.3 Å². The molecule has 18 heavy (non-hydrogen) atoms. The van der Waals surface area contributed by atoms with Crippen molar-refractivity contribution < 1.29 is 5.11 Å². The van der Waals surface area contributed by atoms with Gasteiger partial charge in [-0.1, -0.05) is 11.6 Å². The van der Waals surface area contributed by atoms with Gasteiger partial charge in [-0.3, -0.25) is 0 Å². The van der Waals surface area contributed by atoms with Crippen molar-refractivity contribution in [2.24, 2.45) is 5.92 Å². The molecular weight excluding hydrogens is 248 g/mol. The van der Waals surface area contributed by atoms with Crippen molar-refractivity contribution in [1.82, 2.24) is 4.90 Å². The summed E-state index contributed by atoms with van der Waals surface area (Å²) in [4.78, 5) is 2.44. The fraction of sp³-hybridized carbons (Fsp3) is 0.571. The Kier molecular flexibility index (Phi) is 3.22. The van der Waals surface area contributed by atoms with Gasteiger partial charge in [0.05, 0.1) is 12.1 Å². The third-order valence-corrected chi connectivity index (χ3v) is 4.65. The third-order valence-electron chi connectivity index (χ3n) is 4.39. The highest BCUT2D eigenvalue weighted by molar-refractivity contribution is 6.30. The Bertz CT molecular complexity index is 414. The van der Waals surface area contributed by atoms with E-state index in [2.05, 4.69) is 10.2 Å². The molecule has 3 aliphatic heterocycles. The van der Waals surface area contributed by atoms with Gasteiger partial charge in [0, 0.05) is 17.3 Å². The van der Waals surface area contributed by atoms with E-state index in [-0.39, 0.29) is 12.1 Å². The number of aliphatic hydroxyl groups excluding tert-OH is 1. The van der Waals surface area contributed by atoms with Gasteiger partial charge in [0.2, 0.25) is 0 Å². The van der Waals surface area contributed by atoms with Gasteiger partial charge >= 0.3 is 0 Å². The molecule has 0 aromatic heterocycles. The number of aliphatic hydroxyl groups is 1. The minimum Gasteiger partial charge on any atom is -0.394 e. The summed E-state index contributed by atoms with van der Waals surface area (Å²) in [5.41, 5.74) is 0.867. The number of piperidine rings is 3. The van der Waals surface area contributed by atoms with Crippen molar-refractivity contribution in [2.45, 2.75) is 18.4 Å². The number of nitrogens with one attached hydrogen (secondary N) is 1. The Morgan fingerprint density at radius 3 is 2.44 bits per heavy atom. The van der Waals surface area contributed by atoms with Crippen LogP contribution < -0.4 is 5.32 Å². The lowest BCUT2D eigenvalue weighted by atomic mass is 9.73. The van der Waals surface area contributed by atoms with E-state index in [1.165, 1.54) is 25.9 Å². The molecule has 0 aliphatic carbocycles. The summed E-state index contributed by atoms with van der Waals surface area (Å²) < 4.78 is 0. The average Bonchev–Trinajstić information content (AvgIpc) is 2.43. The molecule has 3 fully saturated rings. The van der Waals surface area contributed by atoms with Gasteiger partial charge in [0.15, 0.2) is 0 Å². The van der Waals surface area contributed by atoms with Crippen LogP contribution in [0.15, 0.2) is 24.3 Å². The molecule has 1 aromatic carbocycles. The van der Waals surface area contributed by atoms with Gasteiger partial charge < -0.3 is 15.3 Å². The normalized spacial score (nSPS) is 34.6. The zero-order chi connectivity index (χ0) is 12.6. The fourth-order valence-corrected chi connectivity index (χ4v) is 3.48. The molecule has 3 aliphatic rings. The van der Waals surface area contributed by atoms with Gasteiger partial charge in [0.1, 0.15) is 0 Å². The molecule has 3 heterocycles. The molecule has 0 spiro atoms. The Balaban J connectivity index is 1.82. The van der Waals surface area contributed by atoms with Gasteiger partial charge in [-0.05, 0) is 56.1 Å². The van der Waals surface area contributed by atoms with E-state index in [1.807, 2.05) is 24.3 Å². The minimum absolute atomic E-state index is 0.176. The predicted molar refractivity (Wildman–Crippen MR) is 74.1 cm³/mol. The standard InChI is InChI=1S/C14H19ClN2O/c15-12-1-3-13(4-2-12)16-14(10-18)9-17-7-5-11(14)6-8-17/h1-4,11,16,18H,5-10H2. The van der Waals surface area contributed by atoms with Gasteiger partial charge in [0.25, 0.3) is 0 Å². The van der Waals surface area contributed by atoms with Crippen molar-refractivity contribution in [1.29, 1.82) is 0 Å². The summed E-state index contributed by atoms with van der Waals surface area (Å²) in [7, 11) is 0. The third kappa shape index (κ3) is 2.11. The van der Waals surface area contributed by atoms with Crippen LogP contribution in [0.3, 0.4) is 0 Å². The summed E-state index contributed by atoms with van der Waals surface area (Å²) in [6.45, 7) is 3.48. The molecular formula is C14H19ClN2O. The van der Waals surface area contributed by atoms with Crippen molar-refractivity contribution >= 4 is 17.3 Å². The lowest BCUT2D eigenvalue weighted by molar-refractivity contribution is 0.00918. The molecule has 1 aromatic rings. The van der Waals surface area contributed by atoms with Crippen molar-refractivity contribution in [3.05, 3.63) is 29.3 Å². The first kappa shape index (κ1) is 12.3. The second-order valence-electron chi connectivity index (χ2n) is 5.50. The zero-order valence-corrected chi connectivity index (χ0v) is 11.2. The van der Waals surface area contributed by atoms with Crippen molar-refractivity contribution in [3.63, 3.8) is 0 Å². The highest BCUT2D eigenvalue weighted by atomic mass is 35.5. The summed E-state index contributed by atoms with van der Waals surface area (Å²) in [5.74, 6) is 0.572. The molecule has 2 N–H and O–H groups in total. The van der Waals surface area contributed by atoms with Crippen LogP contribution in [-0.4, -0.2) is 41.8 Å². The summed E-state index contributed by atoms with van der Waals surface area (Å²) in [5, 5.41) is 14.2. The van der Waals surface area contributed by atoms with E-state index < -0.39 is 0 Å². The Morgan fingerprint density at radius 2 is 1.94 bits per heavy atom. The van der Waals surface area contributed by atoms with Crippen LogP contribution in [0.2, 0.25) is 5.02 Å². The zero-order valence-electron chi connectivity index (χ0n) is 10.4. The Hall–Kier alpha value is -0.770. The number of halogens is 1. The number of benzene rings is 1. The van der Waals surface area contributed by atoms with E-state index >= 15 is 0 Å². The van der Waals surface area contributed by atoms with Crippen LogP contribution >= 0.6 is 11.6 Å². The molecule has 2 bridgehead atoms. The molecule has 98 valence electrons. The van der Waals surface area contributed by atoms with Crippen LogP contribution in [0.1, 0.15) is 12.8 Å². The Labute approximate surface area is 113 Å². The topological polar surface area (TPSA) is 35.5 Å². The van der Waals surface area contributed by atoms with Crippen LogP contribution in [0.25, 0.3) is 0 Å². The van der Waals surface area contributed by atoms with E-state index in [1.54, 1.807) is 0 Å². The summed E-state index contributed by atoms with van der Waals surface area (Å²) in [6, 6.07) is 7.74. The fourth-order valence-electron chi connectivity index (χ4n) is 3.35. The molecule has 3 nitrogen and oxygen atoms in total. The molecule has 4 rings (SSSR count). The minimum atomic E-state index is -0.176. The van der Waals surface area contributed by atoms with Gasteiger partial charge in [-0.2, -0.15) is 0 Å². The monoisotopic (exact) mass is 266 g/mol. The van der Waals surface area contributed by atoms with Crippen LogP contribution in [0, 0.1) is 5.92 Å². The van der Waals surface area contributed by atoms with Crippen molar-refractivity contribution in [3.8, 4) is 0 Å². The first-order valence-electron chi connectivity index (χ1n) is 6.59. The molecule has 3 saturated heterocycles. The van der Waals surface area contributed by atoms with E-state index in [0.29, 0.717) is 5.92 Å². The Morgan fingerprint density at radius 1 is 1.28 bits per heavy atom. The van der Waals surface area contributed by atoms with E-state index in [9.17, 15) is 5.11 Å². The second kappa shape index (κ2) is 4.72. The molecule has 1 atom stereocenters. The average molecular weight is 267 g/mol. The van der Waals surface area contributed by atoms with Crippen LogP contribution in [-0.2, 0) is 0 Å². The second-order valence-corrected chi connectivity index (χ2v) is 5.93. The maximum atomic E-state index is 9.86. The molecule has 1 unspecified atom stereocenters. The molecule has 4 heteroatoms. The van der Waals surface area contributed by atoms with Crippen LogP contribution in [0.4, 0.5) is 5.69 Å². The first-order chi connectivity index (χ1) is 8.72. The smallest absolute Gasteiger partial charge is 0.0759 e. The maximum Gasteiger partial charge on any atom is 0.0759 e. The highest BCUT2D eigenvalue weighted by Gasteiger charge is 2.46. The van der Waals surface area contributed by atoms with Gasteiger partial charge in [-0.25, -0.2) is 0 Å². The summed E-state index contributed by atoms with van der Waals surface area (Å²) >= 11 is 5.90. The predicted octanol–water partition coefficient (Wildman–Crippen LogP) is 2.21. The van der Waals surface area contributed by atoms with E-state index in [4.69, 9.17) is 11.6 Å². The highest BCUT2D eigenvalue weighted by Crippen LogP contribution is 2.37. The quantitative estimate of drug-likeness (QED) is 0.881. The lowest BCUT2D eigenvalue weighted by Gasteiger charge is -2.53. The lowest BCUT2D eigenvalue weighted by Crippen LogP contribution is -2.64. The molecule has 0 radical (unpaired) electrons. The number of fused-ring (bicyclic) bond motifs is 3. The number of hydrogen-bond acceptors (Lipinski definition) is 3. The van der Waals surface area contributed by atoms with Crippen LogP contribution in [0.5, 0.6) is 0 Å². The van der Waals surface area contributed by atoms with Crippen molar-refractivity contribution in [2.75, 3.05) is 31.6 Å². The largest absolute Gasteiger partial charge is 0.394 e. The maximum absolute atomic E-state index is 9.86. The van der Waals surface area contributed by atoms with Gasteiger partial charge in [-0.15, -0.1) is 0 Å². The summed E-state index contributed by atoms with van der Waals surface area (Å²) in [6.07, 6.45) is 2.36.